The number of hydrogen-bond donors (Lipinski definition) is 1. The number of para-hydroxylation sites is 1. The lowest BCUT2D eigenvalue weighted by Gasteiger charge is -2.26. The quantitative estimate of drug-likeness (QED) is 0.575. The fourth-order valence-electron chi connectivity index (χ4n) is 3.92. The third-order valence-corrected chi connectivity index (χ3v) is 7.41. The van der Waals surface area contributed by atoms with Crippen molar-refractivity contribution in [3.05, 3.63) is 46.4 Å². The van der Waals surface area contributed by atoms with E-state index < -0.39 is 0 Å². The number of nitrogens with zero attached hydrogens (tertiary/aromatic N) is 2. The van der Waals surface area contributed by atoms with E-state index in [1.165, 1.54) is 18.2 Å². The lowest BCUT2D eigenvalue weighted by atomic mass is 9.95. The van der Waals surface area contributed by atoms with Crippen LogP contribution < -0.4 is 10.9 Å². The van der Waals surface area contributed by atoms with Gasteiger partial charge in [-0.05, 0) is 25.0 Å². The Morgan fingerprint density at radius 1 is 1.25 bits per heavy atom. The van der Waals surface area contributed by atoms with E-state index in [1.807, 2.05) is 34.9 Å². The van der Waals surface area contributed by atoms with Crippen molar-refractivity contribution >= 4 is 35.1 Å². The molecule has 2 aliphatic rings. The summed E-state index contributed by atoms with van der Waals surface area (Å²) in [7, 11) is 0. The predicted molar refractivity (Wildman–Crippen MR) is 115 cm³/mol. The summed E-state index contributed by atoms with van der Waals surface area (Å²) in [6.07, 6.45) is 6.39. The number of fused-ring (bicyclic) bond motifs is 1. The normalized spacial score (nSPS) is 19.4. The van der Waals surface area contributed by atoms with Crippen molar-refractivity contribution in [1.82, 2.24) is 9.55 Å². The van der Waals surface area contributed by atoms with Crippen LogP contribution in [0, 0.1) is 0 Å². The number of amides is 1. The first-order valence-electron chi connectivity index (χ1n) is 9.91. The van der Waals surface area contributed by atoms with Crippen LogP contribution in [0.4, 0.5) is 5.69 Å². The molecule has 1 aliphatic carbocycles. The molecule has 2 aromatic rings. The molecule has 1 aromatic carbocycles. The molecule has 0 bridgehead atoms. The fourth-order valence-corrected chi connectivity index (χ4v) is 5.91. The van der Waals surface area contributed by atoms with Crippen molar-refractivity contribution in [3.63, 3.8) is 0 Å². The standard InChI is InChI=1S/C21H25N3O2S2/c1-14-12-17-19(28-14)20(26)24(16-10-6-3-7-11-16)21(23-17)27-13-18(25)22-15-8-4-2-5-9-15/h2,4-5,8-9,14,16H,3,6-7,10-13H2,1H3,(H,22,25). The molecule has 2 heterocycles. The van der Waals surface area contributed by atoms with Crippen LogP contribution in [0.3, 0.4) is 0 Å². The number of aromatic nitrogens is 2. The number of thioether (sulfide) groups is 2. The Morgan fingerprint density at radius 2 is 2.00 bits per heavy atom. The lowest BCUT2D eigenvalue weighted by molar-refractivity contribution is -0.113. The summed E-state index contributed by atoms with van der Waals surface area (Å²) in [6.45, 7) is 2.14. The Morgan fingerprint density at radius 3 is 2.75 bits per heavy atom. The van der Waals surface area contributed by atoms with E-state index in [9.17, 15) is 9.59 Å². The molecule has 0 radical (unpaired) electrons. The molecule has 1 N–H and O–H groups in total. The summed E-state index contributed by atoms with van der Waals surface area (Å²) in [5.41, 5.74) is 1.78. The highest BCUT2D eigenvalue weighted by molar-refractivity contribution is 8.00. The van der Waals surface area contributed by atoms with Gasteiger partial charge in [0.15, 0.2) is 5.16 Å². The van der Waals surface area contributed by atoms with Gasteiger partial charge in [-0.3, -0.25) is 14.2 Å². The summed E-state index contributed by atoms with van der Waals surface area (Å²) in [6, 6.07) is 9.64. The maximum absolute atomic E-state index is 13.3. The number of nitrogens with one attached hydrogen (secondary N) is 1. The van der Waals surface area contributed by atoms with Gasteiger partial charge in [0.2, 0.25) is 5.91 Å². The fraction of sp³-hybridized carbons (Fsp3) is 0.476. The van der Waals surface area contributed by atoms with Gasteiger partial charge in [0, 0.05) is 23.4 Å². The number of benzene rings is 1. The molecule has 7 heteroatoms. The molecule has 148 valence electrons. The smallest absolute Gasteiger partial charge is 0.268 e. The summed E-state index contributed by atoms with van der Waals surface area (Å²) in [5, 5.41) is 3.99. The molecule has 1 saturated carbocycles. The van der Waals surface area contributed by atoms with Crippen molar-refractivity contribution in [1.29, 1.82) is 0 Å². The second-order valence-corrected chi connectivity index (χ2v) is 9.86. The molecule has 28 heavy (non-hydrogen) atoms. The van der Waals surface area contributed by atoms with Gasteiger partial charge in [0.25, 0.3) is 5.56 Å². The van der Waals surface area contributed by atoms with Crippen molar-refractivity contribution in [3.8, 4) is 0 Å². The zero-order valence-electron chi connectivity index (χ0n) is 16.0. The van der Waals surface area contributed by atoms with Crippen LogP contribution in [0.15, 0.2) is 45.2 Å². The first-order valence-corrected chi connectivity index (χ1v) is 11.8. The number of anilines is 1. The second kappa shape index (κ2) is 8.74. The van der Waals surface area contributed by atoms with Gasteiger partial charge < -0.3 is 5.32 Å². The van der Waals surface area contributed by atoms with E-state index in [0.717, 1.165) is 48.4 Å². The molecular weight excluding hydrogens is 390 g/mol. The van der Waals surface area contributed by atoms with Gasteiger partial charge in [-0.15, -0.1) is 11.8 Å². The minimum Gasteiger partial charge on any atom is -0.325 e. The predicted octanol–water partition coefficient (Wildman–Crippen LogP) is 4.52. The highest BCUT2D eigenvalue weighted by Crippen LogP contribution is 2.37. The summed E-state index contributed by atoms with van der Waals surface area (Å²) in [5.74, 6) is 0.166. The highest BCUT2D eigenvalue weighted by Gasteiger charge is 2.29. The molecule has 1 aromatic heterocycles. The van der Waals surface area contributed by atoms with Crippen molar-refractivity contribution < 1.29 is 4.79 Å². The molecule has 4 rings (SSSR count). The first kappa shape index (κ1) is 19.6. The monoisotopic (exact) mass is 415 g/mol. The van der Waals surface area contributed by atoms with Gasteiger partial charge in [0.05, 0.1) is 16.3 Å². The van der Waals surface area contributed by atoms with E-state index in [0.29, 0.717) is 10.4 Å². The van der Waals surface area contributed by atoms with Crippen LogP contribution in [0.25, 0.3) is 0 Å². The lowest BCUT2D eigenvalue weighted by Crippen LogP contribution is -2.30. The molecule has 1 fully saturated rings. The Bertz CT molecular complexity index is 908. The third kappa shape index (κ3) is 4.30. The summed E-state index contributed by atoms with van der Waals surface area (Å²) < 4.78 is 1.89. The second-order valence-electron chi connectivity index (χ2n) is 7.47. The Kier molecular flexibility index (Phi) is 6.11. The SMILES string of the molecule is CC1Cc2nc(SCC(=O)Nc3ccccc3)n(C3CCCCC3)c(=O)c2S1. The minimum absolute atomic E-state index is 0.0797. The van der Waals surface area contributed by atoms with E-state index in [1.54, 1.807) is 11.8 Å². The van der Waals surface area contributed by atoms with Crippen LogP contribution in [0.5, 0.6) is 0 Å². The van der Waals surface area contributed by atoms with Crippen LogP contribution in [-0.4, -0.2) is 26.5 Å². The van der Waals surface area contributed by atoms with Gasteiger partial charge in [0.1, 0.15) is 0 Å². The molecular formula is C21H25N3O2S2. The van der Waals surface area contributed by atoms with Crippen LogP contribution in [0.2, 0.25) is 0 Å². The Labute approximate surface area is 173 Å². The van der Waals surface area contributed by atoms with Gasteiger partial charge in [-0.25, -0.2) is 4.98 Å². The maximum atomic E-state index is 13.3. The molecule has 5 nitrogen and oxygen atoms in total. The van der Waals surface area contributed by atoms with Crippen LogP contribution in [0.1, 0.15) is 50.8 Å². The largest absolute Gasteiger partial charge is 0.325 e. The number of carbonyl (C=O) groups excluding carboxylic acids is 1. The molecule has 1 amide bonds. The van der Waals surface area contributed by atoms with E-state index in [4.69, 9.17) is 4.98 Å². The molecule has 1 aliphatic heterocycles. The average Bonchev–Trinajstić information content (AvgIpc) is 3.08. The molecule has 0 saturated heterocycles. The zero-order valence-corrected chi connectivity index (χ0v) is 17.7. The Hall–Kier alpha value is -1.73. The van der Waals surface area contributed by atoms with Gasteiger partial charge in [-0.2, -0.15) is 0 Å². The third-order valence-electron chi connectivity index (χ3n) is 5.24. The van der Waals surface area contributed by atoms with Crippen LogP contribution >= 0.6 is 23.5 Å². The average molecular weight is 416 g/mol. The number of rotatable bonds is 5. The zero-order chi connectivity index (χ0) is 19.5. The summed E-state index contributed by atoms with van der Waals surface area (Å²) >= 11 is 3.03. The maximum Gasteiger partial charge on any atom is 0.268 e. The van der Waals surface area contributed by atoms with Gasteiger partial charge in [-0.1, -0.05) is 56.1 Å². The number of hydrogen-bond acceptors (Lipinski definition) is 5. The summed E-state index contributed by atoms with van der Waals surface area (Å²) in [4.78, 5) is 31.3. The molecule has 1 unspecified atom stereocenters. The van der Waals surface area contributed by atoms with Crippen molar-refractivity contribution in [2.75, 3.05) is 11.1 Å². The topological polar surface area (TPSA) is 64.0 Å². The van der Waals surface area contributed by atoms with E-state index >= 15 is 0 Å². The van der Waals surface area contributed by atoms with Crippen molar-refractivity contribution in [2.45, 2.75) is 66.8 Å². The van der Waals surface area contributed by atoms with Crippen molar-refractivity contribution in [2.24, 2.45) is 0 Å². The minimum atomic E-state index is -0.0797. The highest BCUT2D eigenvalue weighted by atomic mass is 32.2. The van der Waals surface area contributed by atoms with Crippen LogP contribution in [-0.2, 0) is 11.2 Å². The first-order chi connectivity index (χ1) is 13.6. The van der Waals surface area contributed by atoms with E-state index in [2.05, 4.69) is 12.2 Å². The van der Waals surface area contributed by atoms with E-state index in [-0.39, 0.29) is 23.3 Å². The molecule has 0 spiro atoms. The molecule has 1 atom stereocenters. The Balaban J connectivity index is 1.56. The van der Waals surface area contributed by atoms with Gasteiger partial charge >= 0.3 is 0 Å². The number of carbonyl (C=O) groups is 1.